The average molecular weight is 169 g/mol. The molecule has 0 amide bonds. The molecule has 6 heteroatoms. The van der Waals surface area contributed by atoms with E-state index in [1.165, 1.54) is 0 Å². The van der Waals surface area contributed by atoms with Gasteiger partial charge in [0.1, 0.15) is 18.7 Å². The number of Topliss-reactive ketones (excluding diaryl/α,β-unsaturated/α-hetero) is 1. The molecule has 3 nitrogen and oxygen atoms in total. The SMILES string of the molecule is NC(C=O)C(=O)CC(F)(F)F. The number of ketones is 1. The lowest BCUT2D eigenvalue weighted by Crippen LogP contribution is -2.34. The van der Waals surface area contributed by atoms with E-state index < -0.39 is 24.4 Å². The average Bonchev–Trinajstić information content (AvgIpc) is 1.82. The summed E-state index contributed by atoms with van der Waals surface area (Å²) >= 11 is 0. The van der Waals surface area contributed by atoms with Crippen LogP contribution in [0, 0.1) is 0 Å². The number of alkyl halides is 3. The van der Waals surface area contributed by atoms with Crippen molar-refractivity contribution in [2.24, 2.45) is 5.73 Å². The maximum Gasteiger partial charge on any atom is 0.395 e. The van der Waals surface area contributed by atoms with Crippen LogP contribution in [-0.2, 0) is 9.59 Å². The van der Waals surface area contributed by atoms with Crippen molar-refractivity contribution in [2.45, 2.75) is 18.6 Å². The van der Waals surface area contributed by atoms with Crippen molar-refractivity contribution in [3.05, 3.63) is 0 Å². The number of aldehydes is 1. The Morgan fingerprint density at radius 1 is 1.55 bits per heavy atom. The highest BCUT2D eigenvalue weighted by atomic mass is 19.4. The monoisotopic (exact) mass is 169 g/mol. The molecule has 0 saturated carbocycles. The van der Waals surface area contributed by atoms with E-state index in [0.29, 0.717) is 0 Å². The normalized spacial score (nSPS) is 14.2. The lowest BCUT2D eigenvalue weighted by Gasteiger charge is -2.05. The third-order valence-corrected chi connectivity index (χ3v) is 0.893. The van der Waals surface area contributed by atoms with Crippen LogP contribution in [-0.4, -0.2) is 24.3 Å². The van der Waals surface area contributed by atoms with Crippen LogP contribution < -0.4 is 5.73 Å². The lowest BCUT2D eigenvalue weighted by molar-refractivity contribution is -0.153. The number of carbonyl (C=O) groups is 2. The fraction of sp³-hybridized carbons (Fsp3) is 0.600. The maximum absolute atomic E-state index is 11.4. The van der Waals surface area contributed by atoms with Crippen molar-refractivity contribution in [3.63, 3.8) is 0 Å². The first-order valence-electron chi connectivity index (χ1n) is 2.67. The van der Waals surface area contributed by atoms with E-state index in [-0.39, 0.29) is 6.29 Å². The Morgan fingerprint density at radius 3 is 2.27 bits per heavy atom. The van der Waals surface area contributed by atoms with Crippen LogP contribution in [0.3, 0.4) is 0 Å². The molecule has 0 aliphatic heterocycles. The van der Waals surface area contributed by atoms with E-state index >= 15 is 0 Å². The molecule has 11 heavy (non-hydrogen) atoms. The minimum atomic E-state index is -4.59. The number of hydrogen-bond acceptors (Lipinski definition) is 3. The van der Waals surface area contributed by atoms with Gasteiger partial charge in [-0.25, -0.2) is 0 Å². The molecule has 0 rings (SSSR count). The van der Waals surface area contributed by atoms with Gasteiger partial charge >= 0.3 is 6.18 Å². The molecule has 0 fully saturated rings. The zero-order chi connectivity index (χ0) is 9.07. The van der Waals surface area contributed by atoms with Crippen molar-refractivity contribution >= 4 is 12.1 Å². The molecule has 0 aromatic rings. The predicted molar refractivity (Wildman–Crippen MR) is 29.7 cm³/mol. The second-order valence-corrected chi connectivity index (χ2v) is 1.92. The van der Waals surface area contributed by atoms with Gasteiger partial charge in [0.2, 0.25) is 0 Å². The van der Waals surface area contributed by atoms with Crippen molar-refractivity contribution < 1.29 is 22.8 Å². The number of hydrogen-bond donors (Lipinski definition) is 1. The third-order valence-electron chi connectivity index (χ3n) is 0.893. The van der Waals surface area contributed by atoms with Gasteiger partial charge in [-0.3, -0.25) is 4.79 Å². The molecule has 0 aliphatic rings. The summed E-state index contributed by atoms with van der Waals surface area (Å²) in [4.78, 5) is 20.0. The summed E-state index contributed by atoms with van der Waals surface area (Å²) in [6.45, 7) is 0. The number of halogens is 3. The van der Waals surface area contributed by atoms with E-state index in [0.717, 1.165) is 0 Å². The second kappa shape index (κ2) is 3.47. The van der Waals surface area contributed by atoms with Gasteiger partial charge in [-0.05, 0) is 0 Å². The molecule has 2 N–H and O–H groups in total. The minimum Gasteiger partial charge on any atom is -0.316 e. The molecule has 0 aliphatic carbocycles. The highest BCUT2D eigenvalue weighted by Crippen LogP contribution is 2.19. The van der Waals surface area contributed by atoms with Crippen LogP contribution in [0.15, 0.2) is 0 Å². The van der Waals surface area contributed by atoms with Gasteiger partial charge in [-0.2, -0.15) is 13.2 Å². The maximum atomic E-state index is 11.4. The molecule has 0 aromatic heterocycles. The van der Waals surface area contributed by atoms with Gasteiger partial charge in [0.25, 0.3) is 0 Å². The molecule has 0 aromatic carbocycles. The molecular weight excluding hydrogens is 163 g/mol. The van der Waals surface area contributed by atoms with Crippen LogP contribution in [0.2, 0.25) is 0 Å². The molecule has 0 heterocycles. The molecule has 0 radical (unpaired) electrons. The standard InChI is InChI=1S/C5H6F3NO2/c6-5(7,8)1-4(11)3(9)2-10/h2-3H,1,9H2. The van der Waals surface area contributed by atoms with E-state index in [1.807, 2.05) is 0 Å². The molecule has 0 saturated heterocycles. The summed E-state index contributed by atoms with van der Waals surface area (Å²) in [5, 5.41) is 0. The second-order valence-electron chi connectivity index (χ2n) is 1.92. The topological polar surface area (TPSA) is 60.2 Å². The first kappa shape index (κ1) is 10.1. The largest absolute Gasteiger partial charge is 0.395 e. The molecule has 0 bridgehead atoms. The first-order valence-corrected chi connectivity index (χ1v) is 2.67. The number of rotatable bonds is 3. The van der Waals surface area contributed by atoms with E-state index in [2.05, 4.69) is 0 Å². The number of carbonyl (C=O) groups excluding carboxylic acids is 2. The van der Waals surface area contributed by atoms with E-state index in [4.69, 9.17) is 5.73 Å². The Hall–Kier alpha value is -0.910. The molecule has 1 atom stereocenters. The van der Waals surface area contributed by atoms with Gasteiger partial charge in [0, 0.05) is 0 Å². The van der Waals surface area contributed by atoms with Crippen molar-refractivity contribution in [3.8, 4) is 0 Å². The zero-order valence-corrected chi connectivity index (χ0v) is 5.39. The van der Waals surface area contributed by atoms with Gasteiger partial charge < -0.3 is 10.5 Å². The summed E-state index contributed by atoms with van der Waals surface area (Å²) in [6.07, 6.45) is -6.25. The summed E-state index contributed by atoms with van der Waals surface area (Å²) < 4.78 is 34.2. The van der Waals surface area contributed by atoms with Crippen LogP contribution in [0.1, 0.15) is 6.42 Å². The Labute approximate surface area is 60.4 Å². The Bertz CT molecular complexity index is 166. The molecule has 0 spiro atoms. The van der Waals surface area contributed by atoms with Gasteiger partial charge in [-0.15, -0.1) is 0 Å². The van der Waals surface area contributed by atoms with Crippen molar-refractivity contribution in [1.82, 2.24) is 0 Å². The highest BCUT2D eigenvalue weighted by molar-refractivity contribution is 5.97. The van der Waals surface area contributed by atoms with Crippen molar-refractivity contribution in [1.29, 1.82) is 0 Å². The Balaban J connectivity index is 3.98. The Kier molecular flexibility index (Phi) is 3.18. The van der Waals surface area contributed by atoms with E-state index in [9.17, 15) is 22.8 Å². The fourth-order valence-electron chi connectivity index (χ4n) is 0.391. The summed E-state index contributed by atoms with van der Waals surface area (Å²) in [5.74, 6) is -1.31. The summed E-state index contributed by atoms with van der Waals surface area (Å²) in [5.41, 5.74) is 4.71. The molecule has 1 unspecified atom stereocenters. The first-order chi connectivity index (χ1) is 4.87. The van der Waals surface area contributed by atoms with Crippen LogP contribution >= 0.6 is 0 Å². The lowest BCUT2D eigenvalue weighted by atomic mass is 10.1. The quantitative estimate of drug-likeness (QED) is 0.479. The molecule has 64 valence electrons. The van der Waals surface area contributed by atoms with Gasteiger partial charge in [0.05, 0.1) is 0 Å². The zero-order valence-electron chi connectivity index (χ0n) is 5.39. The Morgan fingerprint density at radius 2 is 2.00 bits per heavy atom. The number of nitrogens with two attached hydrogens (primary N) is 1. The summed E-state index contributed by atoms with van der Waals surface area (Å²) in [7, 11) is 0. The van der Waals surface area contributed by atoms with Gasteiger partial charge in [0.15, 0.2) is 5.78 Å². The minimum absolute atomic E-state index is 0.0198. The molecular formula is C5H6F3NO2. The van der Waals surface area contributed by atoms with Crippen LogP contribution in [0.25, 0.3) is 0 Å². The van der Waals surface area contributed by atoms with Crippen LogP contribution in [0.5, 0.6) is 0 Å². The van der Waals surface area contributed by atoms with Gasteiger partial charge in [-0.1, -0.05) is 0 Å². The summed E-state index contributed by atoms with van der Waals surface area (Å²) in [6, 6.07) is -1.66. The third kappa shape index (κ3) is 4.49. The predicted octanol–water partition coefficient (Wildman–Crippen LogP) is 0.0341. The highest BCUT2D eigenvalue weighted by Gasteiger charge is 2.33. The smallest absolute Gasteiger partial charge is 0.316 e. The van der Waals surface area contributed by atoms with Crippen molar-refractivity contribution in [2.75, 3.05) is 0 Å². The van der Waals surface area contributed by atoms with Crippen LogP contribution in [0.4, 0.5) is 13.2 Å². The van der Waals surface area contributed by atoms with E-state index in [1.54, 1.807) is 0 Å². The fourth-order valence-corrected chi connectivity index (χ4v) is 0.391.